The van der Waals surface area contributed by atoms with Crippen LogP contribution in [0.4, 0.5) is 0 Å². The highest BCUT2D eigenvalue weighted by Gasteiger charge is 2.59. The summed E-state index contributed by atoms with van der Waals surface area (Å²) in [4.78, 5) is 22.8. The summed E-state index contributed by atoms with van der Waals surface area (Å²) in [6.07, 6.45) is 20.4. The van der Waals surface area contributed by atoms with Gasteiger partial charge in [-0.1, -0.05) is 65.5 Å². The predicted octanol–water partition coefficient (Wildman–Crippen LogP) is 8.70. The van der Waals surface area contributed by atoms with Crippen LogP contribution in [0.25, 0.3) is 0 Å². The van der Waals surface area contributed by atoms with Crippen LogP contribution in [0.5, 0.6) is 0 Å². The summed E-state index contributed by atoms with van der Waals surface area (Å²) < 4.78 is 5.91. The van der Waals surface area contributed by atoms with E-state index < -0.39 is 0 Å². The zero-order valence-corrected chi connectivity index (χ0v) is 24.0. The van der Waals surface area contributed by atoms with Gasteiger partial charge in [0.25, 0.3) is 0 Å². The van der Waals surface area contributed by atoms with Crippen molar-refractivity contribution < 1.29 is 14.3 Å². The third-order valence-electron chi connectivity index (χ3n) is 11.5. The van der Waals surface area contributed by atoms with Crippen LogP contribution in [-0.2, 0) is 14.3 Å². The monoisotopic (exact) mass is 498 g/mol. The number of rotatable bonds is 11. The van der Waals surface area contributed by atoms with E-state index in [9.17, 15) is 9.59 Å². The van der Waals surface area contributed by atoms with Crippen LogP contribution in [0.2, 0.25) is 0 Å². The Hall–Kier alpha value is -1.12. The lowest BCUT2D eigenvalue weighted by atomic mass is 9.47. The molecule has 0 amide bonds. The number of hydrogen-bond donors (Lipinski definition) is 0. The maximum atomic E-state index is 12.4. The predicted molar refractivity (Wildman–Crippen MR) is 147 cm³/mol. The molecule has 0 spiro atoms. The summed E-state index contributed by atoms with van der Waals surface area (Å²) in [6.45, 7) is 12.5. The zero-order valence-electron chi connectivity index (χ0n) is 24.0. The van der Waals surface area contributed by atoms with Gasteiger partial charge >= 0.3 is 5.97 Å². The quantitative estimate of drug-likeness (QED) is 0.124. The van der Waals surface area contributed by atoms with Gasteiger partial charge in [0.1, 0.15) is 12.4 Å². The molecule has 204 valence electrons. The third-order valence-corrected chi connectivity index (χ3v) is 11.5. The number of esters is 1. The molecule has 0 aliphatic heterocycles. The normalized spacial score (nSPS) is 38.5. The van der Waals surface area contributed by atoms with E-state index in [2.05, 4.69) is 40.7 Å². The number of carbonyl (C=O) groups is 2. The second kappa shape index (κ2) is 11.7. The van der Waals surface area contributed by atoms with Gasteiger partial charge in [-0.3, -0.25) is 4.79 Å². The molecule has 4 rings (SSSR count). The lowest BCUT2D eigenvalue weighted by molar-refractivity contribution is -0.151. The van der Waals surface area contributed by atoms with Crippen molar-refractivity contribution in [1.82, 2.24) is 0 Å². The smallest absolute Gasteiger partial charge is 0.306 e. The summed E-state index contributed by atoms with van der Waals surface area (Å²) in [5.74, 6) is 5.09. The van der Waals surface area contributed by atoms with Crippen LogP contribution in [0.3, 0.4) is 0 Å². The van der Waals surface area contributed by atoms with Crippen molar-refractivity contribution in [3.63, 3.8) is 0 Å². The van der Waals surface area contributed by atoms with E-state index in [0.717, 1.165) is 67.5 Å². The van der Waals surface area contributed by atoms with Gasteiger partial charge in [-0.25, -0.2) is 0 Å². The molecule has 0 heterocycles. The molecule has 0 aromatic carbocycles. The molecule has 3 heteroatoms. The van der Waals surface area contributed by atoms with Crippen molar-refractivity contribution >= 4 is 12.3 Å². The number of ether oxygens (including phenoxy) is 1. The first-order valence-corrected chi connectivity index (χ1v) is 15.5. The van der Waals surface area contributed by atoms with E-state index in [-0.39, 0.29) is 12.1 Å². The van der Waals surface area contributed by atoms with Gasteiger partial charge in [0.15, 0.2) is 0 Å². The lowest BCUT2D eigenvalue weighted by Crippen LogP contribution is -2.51. The van der Waals surface area contributed by atoms with E-state index in [4.69, 9.17) is 4.74 Å². The highest BCUT2D eigenvalue weighted by Crippen LogP contribution is 2.67. The van der Waals surface area contributed by atoms with Crippen LogP contribution in [0.1, 0.15) is 131 Å². The van der Waals surface area contributed by atoms with Crippen LogP contribution >= 0.6 is 0 Å². The second-order valence-electron chi connectivity index (χ2n) is 14.1. The van der Waals surface area contributed by atoms with Crippen molar-refractivity contribution in [2.45, 2.75) is 137 Å². The second-order valence-corrected chi connectivity index (χ2v) is 14.1. The molecule has 0 radical (unpaired) electrons. The molecule has 3 nitrogen and oxygen atoms in total. The molecule has 3 saturated carbocycles. The van der Waals surface area contributed by atoms with Crippen LogP contribution in [-0.4, -0.2) is 18.4 Å². The van der Waals surface area contributed by atoms with Crippen molar-refractivity contribution in [3.8, 4) is 0 Å². The van der Waals surface area contributed by atoms with Gasteiger partial charge < -0.3 is 9.53 Å². The van der Waals surface area contributed by atoms with Gasteiger partial charge in [-0.05, 0) is 104 Å². The van der Waals surface area contributed by atoms with E-state index >= 15 is 0 Å². The first-order valence-electron chi connectivity index (χ1n) is 15.5. The van der Waals surface area contributed by atoms with Crippen molar-refractivity contribution in [1.29, 1.82) is 0 Å². The molecule has 4 aliphatic rings. The Labute approximate surface area is 221 Å². The SMILES string of the molecule is CC(C)CCC[C@@H](C)[C@H]1CCC2C3CC=C4CC(OC(=O)CCCCC=O)CC[C@]4(C)C3CC[C@@]21C. The molecule has 0 N–H and O–H groups in total. The molecule has 36 heavy (non-hydrogen) atoms. The van der Waals surface area contributed by atoms with Crippen LogP contribution in [0.15, 0.2) is 11.6 Å². The maximum Gasteiger partial charge on any atom is 0.306 e. The molecule has 3 fully saturated rings. The molecule has 4 aliphatic carbocycles. The molecule has 0 bridgehead atoms. The number of fused-ring (bicyclic) bond motifs is 5. The van der Waals surface area contributed by atoms with Crippen molar-refractivity contribution in [3.05, 3.63) is 11.6 Å². The molecule has 0 saturated heterocycles. The minimum Gasteiger partial charge on any atom is -0.462 e. The first kappa shape index (κ1) is 27.9. The Balaban J connectivity index is 1.37. The Morgan fingerprint density at radius 2 is 1.83 bits per heavy atom. The van der Waals surface area contributed by atoms with Crippen molar-refractivity contribution in [2.24, 2.45) is 46.3 Å². The molecule has 4 unspecified atom stereocenters. The van der Waals surface area contributed by atoms with Crippen molar-refractivity contribution in [2.75, 3.05) is 0 Å². The van der Waals surface area contributed by atoms with E-state index in [0.29, 0.717) is 23.7 Å². The number of carbonyl (C=O) groups excluding carboxylic acids is 2. The van der Waals surface area contributed by atoms with E-state index in [1.807, 2.05) is 0 Å². The van der Waals surface area contributed by atoms with Gasteiger partial charge in [-0.15, -0.1) is 0 Å². The number of allylic oxidation sites excluding steroid dienone is 1. The highest BCUT2D eigenvalue weighted by molar-refractivity contribution is 5.69. The standard InChI is InChI=1S/C33H54O3/c1-23(2)10-9-11-24(3)28-15-16-29-27-14-13-25-22-26(36-31(35)12-7-6-8-21-34)17-19-32(25,4)30(27)18-20-33(28,29)5/h13,21,23-24,26-30H,6-12,14-20,22H2,1-5H3/t24-,26?,27?,28-,29?,30?,32+,33-/m1/s1. The van der Waals surface area contributed by atoms with Crippen LogP contribution in [0, 0.1) is 46.3 Å². The van der Waals surface area contributed by atoms with Gasteiger partial charge in [0, 0.05) is 19.3 Å². The minimum atomic E-state index is -0.0725. The third kappa shape index (κ3) is 5.65. The molecule has 0 aromatic heterocycles. The Morgan fingerprint density at radius 1 is 1.03 bits per heavy atom. The Kier molecular flexibility index (Phi) is 9.09. The fourth-order valence-electron chi connectivity index (χ4n) is 9.49. The Bertz CT molecular complexity index is 799. The lowest BCUT2D eigenvalue weighted by Gasteiger charge is -2.58. The average Bonchev–Trinajstić information content (AvgIpc) is 3.19. The fraction of sp³-hybridized carbons (Fsp3) is 0.879. The fourth-order valence-corrected chi connectivity index (χ4v) is 9.49. The van der Waals surface area contributed by atoms with E-state index in [1.54, 1.807) is 5.57 Å². The largest absolute Gasteiger partial charge is 0.462 e. The molecule has 8 atom stereocenters. The minimum absolute atomic E-state index is 0.0517. The number of aldehydes is 1. The maximum absolute atomic E-state index is 12.4. The number of unbranched alkanes of at least 4 members (excludes halogenated alkanes) is 2. The Morgan fingerprint density at radius 3 is 2.58 bits per heavy atom. The van der Waals surface area contributed by atoms with Gasteiger partial charge in [0.05, 0.1) is 0 Å². The van der Waals surface area contributed by atoms with Gasteiger partial charge in [-0.2, -0.15) is 0 Å². The topological polar surface area (TPSA) is 43.4 Å². The summed E-state index contributed by atoms with van der Waals surface area (Å²) >= 11 is 0. The summed E-state index contributed by atoms with van der Waals surface area (Å²) in [7, 11) is 0. The molecular formula is C33H54O3. The van der Waals surface area contributed by atoms with Crippen LogP contribution < -0.4 is 0 Å². The highest BCUT2D eigenvalue weighted by atomic mass is 16.5. The average molecular weight is 499 g/mol. The number of hydrogen-bond acceptors (Lipinski definition) is 3. The van der Waals surface area contributed by atoms with E-state index in [1.165, 1.54) is 57.8 Å². The zero-order chi connectivity index (χ0) is 25.9. The molecule has 0 aromatic rings. The summed E-state index contributed by atoms with van der Waals surface area (Å²) in [6, 6.07) is 0. The molecular weight excluding hydrogens is 444 g/mol. The first-order chi connectivity index (χ1) is 17.2. The van der Waals surface area contributed by atoms with Gasteiger partial charge in [0.2, 0.25) is 0 Å². The summed E-state index contributed by atoms with van der Waals surface area (Å²) in [5.41, 5.74) is 2.43. The summed E-state index contributed by atoms with van der Waals surface area (Å²) in [5, 5.41) is 0.